The van der Waals surface area contributed by atoms with Gasteiger partial charge in [0.15, 0.2) is 0 Å². The predicted molar refractivity (Wildman–Crippen MR) is 86.0 cm³/mol. The van der Waals surface area contributed by atoms with Crippen molar-refractivity contribution in [3.8, 4) is 11.4 Å². The van der Waals surface area contributed by atoms with Gasteiger partial charge in [0.1, 0.15) is 6.26 Å². The smallest absolute Gasteiger partial charge is 0.227 e. The summed E-state index contributed by atoms with van der Waals surface area (Å²) in [5.74, 6) is 0.897. The van der Waals surface area contributed by atoms with Crippen molar-refractivity contribution in [3.05, 3.63) is 24.5 Å². The molecule has 1 saturated carbocycles. The summed E-state index contributed by atoms with van der Waals surface area (Å²) < 4.78 is 10.1. The Hall–Kier alpha value is -1.86. The molecule has 0 aromatic carbocycles. The van der Waals surface area contributed by atoms with Crippen LogP contribution in [0.2, 0.25) is 0 Å². The summed E-state index contributed by atoms with van der Waals surface area (Å²) in [6, 6.07) is 1.76. The molecule has 126 valence electrons. The molecular formula is C15H21ClN4O3. The molecule has 0 atom stereocenters. The van der Waals surface area contributed by atoms with Crippen LogP contribution < -0.4 is 11.1 Å². The lowest BCUT2D eigenvalue weighted by atomic mass is 9.97. The molecule has 3 N–H and O–H groups in total. The molecule has 0 bridgehead atoms. The van der Waals surface area contributed by atoms with E-state index >= 15 is 0 Å². The number of aryl methyl sites for hydroxylation is 1. The van der Waals surface area contributed by atoms with Crippen LogP contribution in [0.5, 0.6) is 0 Å². The molecule has 0 unspecified atom stereocenters. The Morgan fingerprint density at radius 2 is 2.17 bits per heavy atom. The lowest BCUT2D eigenvalue weighted by Gasteiger charge is -2.28. The monoisotopic (exact) mass is 340 g/mol. The second kappa shape index (κ2) is 7.61. The average Bonchev–Trinajstić information content (AvgIpc) is 3.26. The van der Waals surface area contributed by atoms with Crippen LogP contribution in [0.25, 0.3) is 11.4 Å². The molecule has 1 amide bonds. The molecule has 1 aliphatic rings. The van der Waals surface area contributed by atoms with E-state index < -0.39 is 0 Å². The fourth-order valence-electron chi connectivity index (χ4n) is 2.88. The third-order valence-corrected chi connectivity index (χ3v) is 4.17. The molecular weight excluding hydrogens is 320 g/mol. The topological polar surface area (TPSA) is 107 Å². The zero-order valence-corrected chi connectivity index (χ0v) is 13.6. The van der Waals surface area contributed by atoms with Crippen LogP contribution in [-0.4, -0.2) is 28.1 Å². The van der Waals surface area contributed by atoms with Gasteiger partial charge in [-0.1, -0.05) is 18.0 Å². The number of carbonyl (C=O) groups is 1. The summed E-state index contributed by atoms with van der Waals surface area (Å²) in [6.45, 7) is 0.490. The molecule has 0 aliphatic heterocycles. The van der Waals surface area contributed by atoms with Crippen molar-refractivity contribution in [1.29, 1.82) is 0 Å². The third-order valence-electron chi connectivity index (χ3n) is 4.17. The first-order valence-corrected chi connectivity index (χ1v) is 7.57. The second-order valence-electron chi connectivity index (χ2n) is 5.76. The van der Waals surface area contributed by atoms with Crippen LogP contribution in [-0.2, 0) is 11.2 Å². The van der Waals surface area contributed by atoms with Gasteiger partial charge >= 0.3 is 0 Å². The molecule has 2 heterocycles. The van der Waals surface area contributed by atoms with E-state index in [1.165, 1.54) is 0 Å². The van der Waals surface area contributed by atoms with E-state index in [9.17, 15) is 4.79 Å². The molecule has 23 heavy (non-hydrogen) atoms. The summed E-state index contributed by atoms with van der Waals surface area (Å²) in [5.41, 5.74) is 6.36. The van der Waals surface area contributed by atoms with Gasteiger partial charge in [0.05, 0.1) is 17.4 Å². The first-order valence-electron chi connectivity index (χ1n) is 7.57. The fraction of sp³-hybridized carbons (Fsp3) is 0.533. The number of aromatic nitrogens is 2. The first kappa shape index (κ1) is 17.5. The van der Waals surface area contributed by atoms with E-state index in [-0.39, 0.29) is 23.9 Å². The van der Waals surface area contributed by atoms with Gasteiger partial charge in [0.2, 0.25) is 17.6 Å². The molecule has 0 radical (unpaired) electrons. The number of hydrogen-bond acceptors (Lipinski definition) is 6. The van der Waals surface area contributed by atoms with Crippen molar-refractivity contribution in [2.24, 2.45) is 5.73 Å². The number of nitrogens with one attached hydrogen (secondary N) is 1. The number of halogens is 1. The van der Waals surface area contributed by atoms with Crippen molar-refractivity contribution in [2.45, 2.75) is 44.1 Å². The minimum absolute atomic E-state index is 0. The number of rotatable bonds is 6. The maximum atomic E-state index is 12.1. The largest absolute Gasteiger partial charge is 0.472 e. The van der Waals surface area contributed by atoms with Crippen molar-refractivity contribution in [3.63, 3.8) is 0 Å². The lowest BCUT2D eigenvalue weighted by molar-refractivity contribution is -0.123. The van der Waals surface area contributed by atoms with Crippen molar-refractivity contribution in [2.75, 3.05) is 6.54 Å². The summed E-state index contributed by atoms with van der Waals surface area (Å²) in [5, 5.41) is 6.95. The standard InChI is InChI=1S/C15H20N4O3.ClH/c16-10-15(6-1-2-7-15)18-12(20)3-4-13-17-14(19-22-13)11-5-8-21-9-11;/h5,8-9H,1-4,6-7,10,16H2,(H,18,20);1H. The lowest BCUT2D eigenvalue weighted by Crippen LogP contribution is -2.51. The number of carbonyl (C=O) groups excluding carboxylic acids is 1. The first-order chi connectivity index (χ1) is 10.7. The molecule has 1 fully saturated rings. The average molecular weight is 341 g/mol. The number of nitrogens with two attached hydrogens (primary N) is 1. The highest BCUT2D eigenvalue weighted by atomic mass is 35.5. The van der Waals surface area contributed by atoms with Crippen molar-refractivity contribution >= 4 is 18.3 Å². The molecule has 3 rings (SSSR count). The number of nitrogens with zero attached hydrogens (tertiary/aromatic N) is 2. The van der Waals surface area contributed by atoms with E-state index in [0.717, 1.165) is 31.2 Å². The Morgan fingerprint density at radius 1 is 1.39 bits per heavy atom. The predicted octanol–water partition coefficient (Wildman–Crippen LogP) is 2.07. The molecule has 2 aromatic rings. The maximum absolute atomic E-state index is 12.1. The number of furan rings is 1. The molecule has 2 aromatic heterocycles. The molecule has 0 spiro atoms. The SMILES string of the molecule is Cl.NCC1(NC(=O)CCc2nc(-c3ccoc3)no2)CCCC1. The Morgan fingerprint density at radius 3 is 2.83 bits per heavy atom. The van der Waals surface area contributed by atoms with E-state index in [2.05, 4.69) is 15.5 Å². The van der Waals surface area contributed by atoms with E-state index in [4.69, 9.17) is 14.7 Å². The zero-order valence-electron chi connectivity index (χ0n) is 12.8. The molecule has 0 saturated heterocycles. The van der Waals surface area contributed by atoms with Gasteiger partial charge in [0.25, 0.3) is 0 Å². The van der Waals surface area contributed by atoms with E-state index in [0.29, 0.717) is 31.1 Å². The van der Waals surface area contributed by atoms with Crippen molar-refractivity contribution < 1.29 is 13.7 Å². The van der Waals surface area contributed by atoms with Crippen LogP contribution in [0.15, 0.2) is 27.5 Å². The van der Waals surface area contributed by atoms with Gasteiger partial charge in [-0.25, -0.2) is 0 Å². The molecule has 1 aliphatic carbocycles. The van der Waals surface area contributed by atoms with Gasteiger partial charge in [0, 0.05) is 19.4 Å². The number of amides is 1. The molecule has 8 heteroatoms. The highest BCUT2D eigenvalue weighted by molar-refractivity contribution is 5.85. The van der Waals surface area contributed by atoms with Gasteiger partial charge in [-0.05, 0) is 18.9 Å². The Bertz CT molecular complexity index is 620. The normalized spacial score (nSPS) is 16.0. The van der Waals surface area contributed by atoms with Crippen LogP contribution >= 0.6 is 12.4 Å². The summed E-state index contributed by atoms with van der Waals surface area (Å²) in [6.07, 6.45) is 7.98. The summed E-state index contributed by atoms with van der Waals surface area (Å²) >= 11 is 0. The van der Waals surface area contributed by atoms with Crippen LogP contribution in [0, 0.1) is 0 Å². The minimum atomic E-state index is -0.214. The van der Waals surface area contributed by atoms with Crippen LogP contribution in [0.1, 0.15) is 38.0 Å². The van der Waals surface area contributed by atoms with Crippen LogP contribution in [0.3, 0.4) is 0 Å². The Balaban J connectivity index is 0.00000192. The van der Waals surface area contributed by atoms with Gasteiger partial charge < -0.3 is 20.0 Å². The summed E-state index contributed by atoms with van der Waals surface area (Å²) in [4.78, 5) is 16.4. The third kappa shape index (κ3) is 4.11. The van der Waals surface area contributed by atoms with Gasteiger partial charge in [-0.2, -0.15) is 4.98 Å². The zero-order chi connectivity index (χ0) is 15.4. The van der Waals surface area contributed by atoms with Gasteiger partial charge in [-0.3, -0.25) is 4.79 Å². The molecule has 7 nitrogen and oxygen atoms in total. The maximum Gasteiger partial charge on any atom is 0.227 e. The Kier molecular flexibility index (Phi) is 5.79. The van der Waals surface area contributed by atoms with E-state index in [1.54, 1.807) is 18.6 Å². The quantitative estimate of drug-likeness (QED) is 0.833. The fourth-order valence-corrected chi connectivity index (χ4v) is 2.88. The second-order valence-corrected chi connectivity index (χ2v) is 5.76. The highest BCUT2D eigenvalue weighted by Gasteiger charge is 2.33. The Labute approximate surface area is 140 Å². The minimum Gasteiger partial charge on any atom is -0.472 e. The highest BCUT2D eigenvalue weighted by Crippen LogP contribution is 2.28. The number of hydrogen-bond donors (Lipinski definition) is 2. The summed E-state index contributed by atoms with van der Waals surface area (Å²) in [7, 11) is 0. The van der Waals surface area contributed by atoms with Gasteiger partial charge in [-0.15, -0.1) is 12.4 Å². The van der Waals surface area contributed by atoms with E-state index in [1.807, 2.05) is 0 Å². The van der Waals surface area contributed by atoms with Crippen molar-refractivity contribution in [1.82, 2.24) is 15.5 Å². The van der Waals surface area contributed by atoms with Crippen LogP contribution in [0.4, 0.5) is 0 Å².